The van der Waals surface area contributed by atoms with E-state index in [-0.39, 0.29) is 11.7 Å². The number of hydrogen-bond donors (Lipinski definition) is 0. The Morgan fingerprint density at radius 1 is 1.39 bits per heavy atom. The molecular formula is C14H18FNO2. The molecule has 1 unspecified atom stereocenters. The van der Waals surface area contributed by atoms with Crippen molar-refractivity contribution in [3.8, 4) is 5.75 Å². The molecule has 0 aliphatic carbocycles. The molecule has 98 valence electrons. The lowest BCUT2D eigenvalue weighted by Crippen LogP contribution is -2.38. The van der Waals surface area contributed by atoms with Crippen LogP contribution in [0, 0.1) is 11.7 Å². The largest absolute Gasteiger partial charge is 0.492 e. The minimum Gasteiger partial charge on any atom is -0.492 e. The molecule has 1 heterocycles. The fraction of sp³-hybridized carbons (Fsp3) is 0.500. The molecule has 0 saturated carbocycles. The van der Waals surface area contributed by atoms with Crippen LogP contribution in [-0.4, -0.2) is 37.4 Å². The topological polar surface area (TPSA) is 29.5 Å². The number of piperidine rings is 1. The molecule has 0 radical (unpaired) electrons. The third kappa shape index (κ3) is 3.81. The number of benzene rings is 1. The zero-order valence-corrected chi connectivity index (χ0v) is 10.3. The number of carbonyl (C=O) groups is 1. The summed E-state index contributed by atoms with van der Waals surface area (Å²) in [6, 6.07) is 6.02. The second-order valence-corrected chi connectivity index (χ2v) is 4.64. The quantitative estimate of drug-likeness (QED) is 0.751. The minimum atomic E-state index is -0.257. The molecule has 1 atom stereocenters. The number of carbonyl (C=O) groups excluding carboxylic acids is 1. The van der Waals surface area contributed by atoms with Crippen molar-refractivity contribution in [3.05, 3.63) is 30.1 Å². The molecule has 2 rings (SSSR count). The van der Waals surface area contributed by atoms with E-state index in [1.165, 1.54) is 12.1 Å². The lowest BCUT2D eigenvalue weighted by Gasteiger charge is -2.29. The van der Waals surface area contributed by atoms with E-state index in [4.69, 9.17) is 4.74 Å². The first-order chi connectivity index (χ1) is 8.78. The number of hydrogen-bond acceptors (Lipinski definition) is 3. The van der Waals surface area contributed by atoms with E-state index in [0.29, 0.717) is 12.4 Å². The van der Waals surface area contributed by atoms with Gasteiger partial charge in [-0.15, -0.1) is 0 Å². The summed E-state index contributed by atoms with van der Waals surface area (Å²) in [5.74, 6) is 0.595. The predicted molar refractivity (Wildman–Crippen MR) is 67.1 cm³/mol. The summed E-state index contributed by atoms with van der Waals surface area (Å²) in [7, 11) is 0. The van der Waals surface area contributed by atoms with E-state index in [2.05, 4.69) is 4.90 Å². The molecule has 1 aliphatic rings. The first-order valence-corrected chi connectivity index (χ1v) is 6.34. The Bertz CT molecular complexity index is 380. The van der Waals surface area contributed by atoms with Crippen molar-refractivity contribution in [1.29, 1.82) is 0 Å². The summed E-state index contributed by atoms with van der Waals surface area (Å²) in [5.41, 5.74) is 0. The number of nitrogens with zero attached hydrogens (tertiary/aromatic N) is 1. The molecule has 1 aromatic rings. The van der Waals surface area contributed by atoms with Crippen LogP contribution < -0.4 is 4.74 Å². The molecular weight excluding hydrogens is 233 g/mol. The maximum absolute atomic E-state index is 12.7. The van der Waals surface area contributed by atoms with Crippen LogP contribution in [0.3, 0.4) is 0 Å². The summed E-state index contributed by atoms with van der Waals surface area (Å²) in [6.45, 7) is 3.23. The van der Waals surface area contributed by atoms with Crippen molar-refractivity contribution < 1.29 is 13.9 Å². The van der Waals surface area contributed by atoms with Gasteiger partial charge in [0.15, 0.2) is 0 Å². The van der Waals surface area contributed by atoms with Crippen LogP contribution in [0.15, 0.2) is 24.3 Å². The summed E-state index contributed by atoms with van der Waals surface area (Å²) >= 11 is 0. The highest BCUT2D eigenvalue weighted by Gasteiger charge is 2.18. The molecule has 0 aromatic heterocycles. The molecule has 3 nitrogen and oxygen atoms in total. The predicted octanol–water partition coefficient (Wildman–Crippen LogP) is 2.12. The smallest absolute Gasteiger partial charge is 0.124 e. The first kappa shape index (κ1) is 13.0. The molecule has 0 spiro atoms. The lowest BCUT2D eigenvalue weighted by molar-refractivity contribution is -0.112. The SMILES string of the molecule is O=CC1CCCN(CCOc2ccc(F)cc2)C1. The Hall–Kier alpha value is -1.42. The standard InChI is InChI=1S/C14H18FNO2/c15-13-3-5-14(6-4-13)18-9-8-16-7-1-2-12(10-16)11-17/h3-6,11-12H,1-2,7-10H2. The van der Waals surface area contributed by atoms with Gasteiger partial charge in [-0.05, 0) is 43.7 Å². The average Bonchev–Trinajstić information content (AvgIpc) is 2.41. The molecule has 1 aliphatic heterocycles. The monoisotopic (exact) mass is 251 g/mol. The summed E-state index contributed by atoms with van der Waals surface area (Å²) < 4.78 is 18.2. The zero-order valence-electron chi connectivity index (χ0n) is 10.3. The van der Waals surface area contributed by atoms with Crippen molar-refractivity contribution in [3.63, 3.8) is 0 Å². The van der Waals surface area contributed by atoms with Crippen LogP contribution in [0.5, 0.6) is 5.75 Å². The van der Waals surface area contributed by atoms with Crippen LogP contribution in [0.25, 0.3) is 0 Å². The highest BCUT2D eigenvalue weighted by molar-refractivity contribution is 5.53. The Morgan fingerprint density at radius 3 is 2.89 bits per heavy atom. The fourth-order valence-corrected chi connectivity index (χ4v) is 2.23. The van der Waals surface area contributed by atoms with E-state index >= 15 is 0 Å². The van der Waals surface area contributed by atoms with Gasteiger partial charge in [-0.2, -0.15) is 0 Å². The summed E-state index contributed by atoms with van der Waals surface area (Å²) in [6.07, 6.45) is 3.12. The van der Waals surface area contributed by atoms with Crippen molar-refractivity contribution in [2.75, 3.05) is 26.2 Å². The van der Waals surface area contributed by atoms with Crippen molar-refractivity contribution >= 4 is 6.29 Å². The zero-order chi connectivity index (χ0) is 12.8. The molecule has 18 heavy (non-hydrogen) atoms. The van der Waals surface area contributed by atoms with E-state index in [9.17, 15) is 9.18 Å². The first-order valence-electron chi connectivity index (χ1n) is 6.34. The van der Waals surface area contributed by atoms with Crippen LogP contribution >= 0.6 is 0 Å². The summed E-state index contributed by atoms with van der Waals surface area (Å²) in [5, 5.41) is 0. The Kier molecular flexibility index (Phi) is 4.70. The van der Waals surface area contributed by atoms with E-state index in [0.717, 1.165) is 38.8 Å². The molecule has 0 N–H and O–H groups in total. The molecule has 1 fully saturated rings. The molecule has 1 saturated heterocycles. The third-order valence-corrected chi connectivity index (χ3v) is 3.22. The van der Waals surface area contributed by atoms with Crippen LogP contribution in [0.2, 0.25) is 0 Å². The van der Waals surface area contributed by atoms with E-state index in [1.54, 1.807) is 12.1 Å². The molecule has 1 aromatic carbocycles. The Morgan fingerprint density at radius 2 is 2.17 bits per heavy atom. The van der Waals surface area contributed by atoms with Gasteiger partial charge in [0.25, 0.3) is 0 Å². The number of halogens is 1. The lowest BCUT2D eigenvalue weighted by atomic mass is 10.00. The number of ether oxygens (including phenoxy) is 1. The van der Waals surface area contributed by atoms with E-state index < -0.39 is 0 Å². The molecule has 0 bridgehead atoms. The Labute approximate surface area is 107 Å². The van der Waals surface area contributed by atoms with Gasteiger partial charge in [-0.1, -0.05) is 0 Å². The summed E-state index contributed by atoms with van der Waals surface area (Å²) in [4.78, 5) is 13.0. The van der Waals surface area contributed by atoms with Gasteiger partial charge in [0, 0.05) is 19.0 Å². The van der Waals surface area contributed by atoms with Gasteiger partial charge < -0.3 is 9.53 Å². The van der Waals surface area contributed by atoms with Gasteiger partial charge in [-0.25, -0.2) is 4.39 Å². The minimum absolute atomic E-state index is 0.171. The second-order valence-electron chi connectivity index (χ2n) is 4.64. The molecule has 4 heteroatoms. The molecule has 0 amide bonds. The second kappa shape index (κ2) is 6.50. The maximum atomic E-state index is 12.7. The fourth-order valence-electron chi connectivity index (χ4n) is 2.23. The average molecular weight is 251 g/mol. The van der Waals surface area contributed by atoms with Crippen LogP contribution in [-0.2, 0) is 4.79 Å². The highest BCUT2D eigenvalue weighted by atomic mass is 19.1. The van der Waals surface area contributed by atoms with Crippen molar-refractivity contribution in [2.45, 2.75) is 12.8 Å². The highest BCUT2D eigenvalue weighted by Crippen LogP contribution is 2.15. The van der Waals surface area contributed by atoms with Crippen LogP contribution in [0.1, 0.15) is 12.8 Å². The van der Waals surface area contributed by atoms with Gasteiger partial charge >= 0.3 is 0 Å². The number of aldehydes is 1. The van der Waals surface area contributed by atoms with Gasteiger partial charge in [-0.3, -0.25) is 4.90 Å². The van der Waals surface area contributed by atoms with Crippen molar-refractivity contribution in [1.82, 2.24) is 4.90 Å². The normalized spacial score (nSPS) is 20.6. The maximum Gasteiger partial charge on any atom is 0.124 e. The third-order valence-electron chi connectivity index (χ3n) is 3.22. The van der Waals surface area contributed by atoms with Gasteiger partial charge in [0.2, 0.25) is 0 Å². The van der Waals surface area contributed by atoms with Gasteiger partial charge in [0.1, 0.15) is 24.5 Å². The van der Waals surface area contributed by atoms with Gasteiger partial charge in [0.05, 0.1) is 0 Å². The number of likely N-dealkylation sites (tertiary alicyclic amines) is 1. The van der Waals surface area contributed by atoms with E-state index in [1.807, 2.05) is 0 Å². The van der Waals surface area contributed by atoms with Crippen molar-refractivity contribution in [2.24, 2.45) is 5.92 Å². The van der Waals surface area contributed by atoms with Crippen LogP contribution in [0.4, 0.5) is 4.39 Å². The number of rotatable bonds is 5. The Balaban J connectivity index is 1.71.